The fourth-order valence-corrected chi connectivity index (χ4v) is 5.59. The van der Waals surface area contributed by atoms with Gasteiger partial charge in [-0.15, -0.1) is 0 Å². The number of rotatable bonds is 22. The molecule has 312 valence electrons. The van der Waals surface area contributed by atoms with Gasteiger partial charge in [-0.2, -0.15) is 0 Å². The summed E-state index contributed by atoms with van der Waals surface area (Å²) in [5, 5.41) is 11.0. The van der Waals surface area contributed by atoms with E-state index < -0.39 is 41.8 Å². The number of ether oxygens (including phenoxy) is 4. The van der Waals surface area contributed by atoms with Crippen LogP contribution in [-0.4, -0.2) is 95.2 Å². The topological polar surface area (TPSA) is 282 Å². The van der Waals surface area contributed by atoms with E-state index in [1.807, 2.05) is 12.2 Å². The van der Waals surface area contributed by atoms with Crippen LogP contribution in [0.4, 0.5) is 5.69 Å². The smallest absolute Gasteiger partial charge is 0.251 e. The van der Waals surface area contributed by atoms with Crippen LogP contribution >= 0.6 is 0 Å². The number of nitrogens with zero attached hydrogens (tertiary/aromatic N) is 2. The molecule has 18 heteroatoms. The fraction of sp³-hybridized carbons (Fsp3) is 0.350. The van der Waals surface area contributed by atoms with Crippen LogP contribution in [0.3, 0.4) is 0 Å². The van der Waals surface area contributed by atoms with E-state index in [1.165, 1.54) is 35.4 Å². The van der Waals surface area contributed by atoms with Gasteiger partial charge in [-0.05, 0) is 80.1 Å². The first-order chi connectivity index (χ1) is 27.8. The normalized spacial score (nSPS) is 12.2. The van der Waals surface area contributed by atoms with Gasteiger partial charge < -0.3 is 63.1 Å². The third kappa shape index (κ3) is 14.3. The first kappa shape index (κ1) is 45.4. The summed E-state index contributed by atoms with van der Waals surface area (Å²) in [6, 6.07) is 13.9. The van der Waals surface area contributed by atoms with Gasteiger partial charge in [0.1, 0.15) is 23.9 Å². The minimum Gasteiger partial charge on any atom is -0.495 e. The van der Waals surface area contributed by atoms with Crippen LogP contribution in [0.1, 0.15) is 54.1 Å². The van der Waals surface area contributed by atoms with Crippen molar-refractivity contribution in [3.63, 3.8) is 0 Å². The summed E-state index contributed by atoms with van der Waals surface area (Å²) in [6.45, 7) is 1.88. The van der Waals surface area contributed by atoms with Gasteiger partial charge in [0, 0.05) is 18.7 Å². The molecule has 0 aliphatic heterocycles. The van der Waals surface area contributed by atoms with Gasteiger partial charge in [-0.3, -0.25) is 29.2 Å². The molecule has 3 aromatic carbocycles. The van der Waals surface area contributed by atoms with Crippen LogP contribution in [0.2, 0.25) is 0 Å². The van der Waals surface area contributed by atoms with E-state index in [4.69, 9.17) is 41.9 Å². The molecular weight excluding hydrogens is 749 g/mol. The Balaban J connectivity index is 1.78. The summed E-state index contributed by atoms with van der Waals surface area (Å²) in [5.74, 6) is -0.743. The quantitative estimate of drug-likeness (QED) is 0.0312. The molecule has 3 rings (SSSR count). The predicted molar refractivity (Wildman–Crippen MR) is 224 cm³/mol. The second-order valence-corrected chi connectivity index (χ2v) is 12.8. The number of methoxy groups -OCH3 is 4. The van der Waals surface area contributed by atoms with E-state index in [1.54, 1.807) is 60.7 Å². The maximum Gasteiger partial charge on any atom is 0.251 e. The Kier molecular flexibility index (Phi) is 18.1. The van der Waals surface area contributed by atoms with Crippen molar-refractivity contribution in [1.29, 1.82) is 0 Å². The van der Waals surface area contributed by atoms with Crippen LogP contribution in [0.5, 0.6) is 23.0 Å². The molecule has 3 atom stereocenters. The van der Waals surface area contributed by atoms with Crippen molar-refractivity contribution < 1.29 is 38.1 Å². The second-order valence-electron chi connectivity index (χ2n) is 12.8. The Morgan fingerprint density at radius 2 is 1.17 bits per heavy atom. The number of guanidine groups is 2. The molecule has 12 N–H and O–H groups in total. The van der Waals surface area contributed by atoms with Crippen molar-refractivity contribution in [3.8, 4) is 23.0 Å². The lowest BCUT2D eigenvalue weighted by atomic mass is 10.1. The SMILES string of the molecule is COc1ccc(/C=C\c2cc(OC)c(OC)c(OC)c2)cc1NC(=O)[C@H](C)NC(=O)[C@H](CCCN=C(N)N)NC(=O)[C@H](CCCN=C(N)N)NC(=O)c1ccccc1. The number of hydrogen-bond donors (Lipinski definition) is 8. The zero-order valence-electron chi connectivity index (χ0n) is 33.4. The molecule has 58 heavy (non-hydrogen) atoms. The Bertz CT molecular complexity index is 1920. The van der Waals surface area contributed by atoms with Gasteiger partial charge >= 0.3 is 0 Å². The number of nitrogens with two attached hydrogens (primary N) is 4. The molecule has 0 saturated heterocycles. The van der Waals surface area contributed by atoms with Crippen molar-refractivity contribution in [1.82, 2.24) is 16.0 Å². The molecule has 4 amide bonds. The molecule has 0 aliphatic rings. The highest BCUT2D eigenvalue weighted by Gasteiger charge is 2.29. The molecule has 0 aliphatic carbocycles. The molecule has 0 fully saturated rings. The molecule has 0 heterocycles. The maximum atomic E-state index is 13.7. The van der Waals surface area contributed by atoms with E-state index in [0.29, 0.717) is 47.1 Å². The number of anilines is 1. The van der Waals surface area contributed by atoms with Crippen molar-refractivity contribution in [2.45, 2.75) is 50.7 Å². The fourth-order valence-electron chi connectivity index (χ4n) is 5.59. The average Bonchev–Trinajstić information content (AvgIpc) is 3.21. The number of hydrogen-bond acceptors (Lipinski definition) is 10. The van der Waals surface area contributed by atoms with Gasteiger partial charge in [0.2, 0.25) is 23.5 Å². The van der Waals surface area contributed by atoms with Crippen LogP contribution in [0, 0.1) is 0 Å². The lowest BCUT2D eigenvalue weighted by molar-refractivity contribution is -0.131. The van der Waals surface area contributed by atoms with Gasteiger partial charge in [0.15, 0.2) is 23.4 Å². The number of carbonyl (C=O) groups is 4. The van der Waals surface area contributed by atoms with Gasteiger partial charge in [0.05, 0.1) is 34.1 Å². The Morgan fingerprint density at radius 3 is 1.71 bits per heavy atom. The van der Waals surface area contributed by atoms with E-state index in [2.05, 4.69) is 31.3 Å². The van der Waals surface area contributed by atoms with Gasteiger partial charge in [0.25, 0.3) is 5.91 Å². The largest absolute Gasteiger partial charge is 0.495 e. The highest BCUT2D eigenvalue weighted by molar-refractivity contribution is 6.00. The third-order valence-electron chi connectivity index (χ3n) is 8.57. The summed E-state index contributed by atoms with van der Waals surface area (Å²) in [7, 11) is 6.05. The van der Waals surface area contributed by atoms with E-state index >= 15 is 0 Å². The first-order valence-electron chi connectivity index (χ1n) is 18.3. The Morgan fingerprint density at radius 1 is 0.638 bits per heavy atom. The summed E-state index contributed by atoms with van der Waals surface area (Å²) in [6.07, 6.45) is 4.56. The lowest BCUT2D eigenvalue weighted by Gasteiger charge is -2.24. The molecule has 3 aromatic rings. The summed E-state index contributed by atoms with van der Waals surface area (Å²) in [4.78, 5) is 61.9. The van der Waals surface area contributed by atoms with Gasteiger partial charge in [-0.25, -0.2) is 0 Å². The van der Waals surface area contributed by atoms with Crippen molar-refractivity contribution in [2.75, 3.05) is 46.8 Å². The van der Waals surface area contributed by atoms with Crippen LogP contribution in [-0.2, 0) is 14.4 Å². The van der Waals surface area contributed by atoms with Crippen LogP contribution in [0.15, 0.2) is 70.6 Å². The van der Waals surface area contributed by atoms with Crippen LogP contribution < -0.4 is 63.1 Å². The zero-order valence-corrected chi connectivity index (χ0v) is 33.4. The summed E-state index contributed by atoms with van der Waals surface area (Å²) >= 11 is 0. The van der Waals surface area contributed by atoms with E-state index in [9.17, 15) is 19.2 Å². The molecule has 18 nitrogen and oxygen atoms in total. The van der Waals surface area contributed by atoms with Crippen molar-refractivity contribution >= 4 is 53.4 Å². The summed E-state index contributed by atoms with van der Waals surface area (Å²) < 4.78 is 21.8. The second kappa shape index (κ2) is 23.2. The standard InChI is InChI=1S/C40H54N10O8/c1-24(35(51)50-30-21-25(17-18-31(30)55-2)15-16-26-22-32(56-3)34(58-5)33(23-26)57-4)47-37(53)28(13-9-19-45-39(41)42)49-38(54)29(14-10-20-46-40(43)44)48-36(52)27-11-7-6-8-12-27/h6-8,11-12,15-18,21-24,28-29H,9-10,13-14,19-20H2,1-5H3,(H,47,53)(H,48,52)(H,49,54)(H,50,51)(H4,41,42,45)(H4,43,44,46)/b16-15-/t24-,28-,29-/m0/s1. The van der Waals surface area contributed by atoms with Gasteiger partial charge in [-0.1, -0.05) is 36.4 Å². The minimum absolute atomic E-state index is 0.101. The molecule has 0 bridgehead atoms. The predicted octanol–water partition coefficient (Wildman–Crippen LogP) is 1.73. The lowest BCUT2D eigenvalue weighted by Crippen LogP contribution is -2.55. The highest BCUT2D eigenvalue weighted by atomic mass is 16.5. The molecule has 0 radical (unpaired) electrons. The Hall–Kier alpha value is -6.98. The average molecular weight is 803 g/mol. The molecule has 0 saturated carbocycles. The molecule has 0 spiro atoms. The summed E-state index contributed by atoms with van der Waals surface area (Å²) in [5.41, 5.74) is 24.0. The number of amides is 4. The molecule has 0 unspecified atom stereocenters. The number of benzene rings is 3. The molecule has 0 aromatic heterocycles. The van der Waals surface area contributed by atoms with Crippen molar-refractivity contribution in [3.05, 3.63) is 77.4 Å². The maximum absolute atomic E-state index is 13.7. The zero-order chi connectivity index (χ0) is 42.6. The van der Waals surface area contributed by atoms with E-state index in [-0.39, 0.29) is 37.9 Å². The first-order valence-corrected chi connectivity index (χ1v) is 18.3. The Labute approximate surface area is 337 Å². The number of nitrogens with one attached hydrogen (secondary N) is 4. The highest BCUT2D eigenvalue weighted by Crippen LogP contribution is 2.38. The monoisotopic (exact) mass is 802 g/mol. The molecular formula is C40H54N10O8. The minimum atomic E-state index is -1.14. The third-order valence-corrected chi connectivity index (χ3v) is 8.57. The van der Waals surface area contributed by atoms with Crippen LogP contribution in [0.25, 0.3) is 12.2 Å². The number of carbonyl (C=O) groups excluding carboxylic acids is 4. The van der Waals surface area contributed by atoms with E-state index in [0.717, 1.165) is 11.1 Å². The van der Waals surface area contributed by atoms with Crippen molar-refractivity contribution in [2.24, 2.45) is 32.9 Å². The number of aliphatic imine (C=N–C) groups is 2.